The van der Waals surface area contributed by atoms with E-state index in [0.29, 0.717) is 0 Å². The fourth-order valence-corrected chi connectivity index (χ4v) is 1.80. The van der Waals surface area contributed by atoms with Crippen molar-refractivity contribution in [2.75, 3.05) is 40.7 Å². The second-order valence-corrected chi connectivity index (χ2v) is 4.88. The lowest BCUT2D eigenvalue weighted by molar-refractivity contribution is -0.153. The molecule has 0 aromatic rings. The quantitative estimate of drug-likeness (QED) is 0.202. The van der Waals surface area contributed by atoms with E-state index in [9.17, 15) is 14.4 Å². The van der Waals surface area contributed by atoms with Gasteiger partial charge in [0.05, 0.1) is 13.2 Å². The molecule has 0 fully saturated rings. The van der Waals surface area contributed by atoms with E-state index in [-0.39, 0.29) is 25.5 Å². The lowest BCUT2D eigenvalue weighted by Crippen LogP contribution is -2.44. The minimum absolute atomic E-state index is 0.0653. The van der Waals surface area contributed by atoms with Crippen molar-refractivity contribution in [3.63, 3.8) is 0 Å². The number of nitrogens with zero attached hydrogens (tertiary/aromatic N) is 1. The summed E-state index contributed by atoms with van der Waals surface area (Å²) in [5, 5.41) is 1.98. The van der Waals surface area contributed by atoms with E-state index < -0.39 is 18.2 Å². The molecule has 132 valence electrons. The van der Waals surface area contributed by atoms with Crippen LogP contribution in [0.5, 0.6) is 0 Å². The monoisotopic (exact) mass is 349 g/mol. The number of carbonyl (C=O) groups excluding carboxylic acids is 3. The molecule has 0 aromatic heterocycles. The number of imide groups is 1. The molecule has 0 aliphatic carbocycles. The maximum absolute atomic E-state index is 11.9. The molecule has 0 saturated carbocycles. The van der Waals surface area contributed by atoms with Crippen LogP contribution in [0.15, 0.2) is 12.3 Å². The summed E-state index contributed by atoms with van der Waals surface area (Å²) in [7, 11) is 4.59. The Morgan fingerprint density at radius 2 is 1.91 bits per heavy atom. The van der Waals surface area contributed by atoms with Gasteiger partial charge in [0.2, 0.25) is 6.41 Å². The van der Waals surface area contributed by atoms with Gasteiger partial charge >= 0.3 is 0 Å². The minimum atomic E-state index is -0.841. The Balaban J connectivity index is 4.87. The van der Waals surface area contributed by atoms with Crippen molar-refractivity contribution >= 4 is 30.2 Å². The van der Waals surface area contributed by atoms with Crippen LogP contribution >= 0.6 is 11.9 Å². The summed E-state index contributed by atoms with van der Waals surface area (Å²) < 4.78 is 18.3. The first-order chi connectivity index (χ1) is 11.0. The zero-order chi connectivity index (χ0) is 17.7. The second kappa shape index (κ2) is 12.9. The molecule has 0 aliphatic rings. The molecule has 2 unspecified atom stereocenters. The van der Waals surface area contributed by atoms with Gasteiger partial charge in [0.15, 0.2) is 12.3 Å². The molecule has 10 heteroatoms. The third-order valence-electron chi connectivity index (χ3n) is 2.56. The summed E-state index contributed by atoms with van der Waals surface area (Å²) in [6, 6.07) is 0. The predicted octanol–water partition coefficient (Wildman–Crippen LogP) is -0.897. The van der Waals surface area contributed by atoms with Gasteiger partial charge in [-0.1, -0.05) is 11.9 Å². The molecule has 0 radical (unpaired) electrons. The van der Waals surface area contributed by atoms with Crippen LogP contribution in [0.2, 0.25) is 0 Å². The highest BCUT2D eigenvalue weighted by Crippen LogP contribution is 2.07. The summed E-state index contributed by atoms with van der Waals surface area (Å²) in [5.74, 6) is -0.909. The highest BCUT2D eigenvalue weighted by molar-refractivity contribution is 7.97. The SMILES string of the molecule is COCC(OC(COC)N(C)/C=C\C(=O)NC=O)C(=O)NSC. The van der Waals surface area contributed by atoms with Gasteiger partial charge in [0, 0.05) is 39.8 Å². The van der Waals surface area contributed by atoms with E-state index in [1.54, 1.807) is 18.2 Å². The zero-order valence-electron chi connectivity index (χ0n) is 13.6. The fourth-order valence-electron chi connectivity index (χ4n) is 1.47. The van der Waals surface area contributed by atoms with Crippen molar-refractivity contribution in [2.45, 2.75) is 12.3 Å². The largest absolute Gasteiger partial charge is 0.381 e. The van der Waals surface area contributed by atoms with Crippen LogP contribution in [0, 0.1) is 0 Å². The van der Waals surface area contributed by atoms with Gasteiger partial charge in [0.1, 0.15) is 0 Å². The Morgan fingerprint density at radius 1 is 1.26 bits per heavy atom. The molecule has 0 aliphatic heterocycles. The molecule has 3 amide bonds. The molecule has 0 spiro atoms. The Kier molecular flexibility index (Phi) is 12.0. The second-order valence-electron chi connectivity index (χ2n) is 4.27. The van der Waals surface area contributed by atoms with Crippen LogP contribution in [-0.2, 0) is 28.6 Å². The molecule has 23 heavy (non-hydrogen) atoms. The van der Waals surface area contributed by atoms with Crippen molar-refractivity contribution in [1.29, 1.82) is 0 Å². The number of carbonyl (C=O) groups is 3. The van der Waals surface area contributed by atoms with Gasteiger partial charge in [-0.15, -0.1) is 0 Å². The van der Waals surface area contributed by atoms with Crippen LogP contribution in [0.25, 0.3) is 0 Å². The highest BCUT2D eigenvalue weighted by Gasteiger charge is 2.25. The van der Waals surface area contributed by atoms with Crippen molar-refractivity contribution in [1.82, 2.24) is 14.9 Å². The van der Waals surface area contributed by atoms with Gasteiger partial charge < -0.3 is 19.1 Å². The third-order valence-corrected chi connectivity index (χ3v) is 2.97. The van der Waals surface area contributed by atoms with E-state index in [1.165, 1.54) is 20.4 Å². The van der Waals surface area contributed by atoms with E-state index in [4.69, 9.17) is 14.2 Å². The number of amides is 3. The van der Waals surface area contributed by atoms with Crippen LogP contribution in [0.1, 0.15) is 0 Å². The van der Waals surface area contributed by atoms with Crippen molar-refractivity contribution in [2.24, 2.45) is 0 Å². The topological polar surface area (TPSA) is 106 Å². The highest BCUT2D eigenvalue weighted by atomic mass is 32.2. The molecule has 9 nitrogen and oxygen atoms in total. The molecule has 0 rings (SSSR count). The van der Waals surface area contributed by atoms with Crippen molar-refractivity contribution in [3.8, 4) is 0 Å². The minimum Gasteiger partial charge on any atom is -0.381 e. The average Bonchev–Trinajstić information content (AvgIpc) is 2.52. The zero-order valence-corrected chi connectivity index (χ0v) is 14.4. The van der Waals surface area contributed by atoms with Crippen LogP contribution < -0.4 is 10.0 Å². The van der Waals surface area contributed by atoms with Gasteiger partial charge in [0.25, 0.3) is 11.8 Å². The molecule has 2 N–H and O–H groups in total. The van der Waals surface area contributed by atoms with Crippen LogP contribution in [0.4, 0.5) is 0 Å². The molecular weight excluding hydrogens is 326 g/mol. The van der Waals surface area contributed by atoms with Crippen molar-refractivity contribution < 1.29 is 28.6 Å². The number of likely N-dealkylation sites (N-methyl/N-ethyl adjacent to an activating group) is 1. The Bertz CT molecular complexity index is 407. The Morgan fingerprint density at radius 3 is 2.43 bits per heavy atom. The maximum atomic E-state index is 11.9. The summed E-state index contributed by atoms with van der Waals surface area (Å²) in [4.78, 5) is 34.9. The summed E-state index contributed by atoms with van der Waals surface area (Å²) in [6.45, 7) is 0.221. The van der Waals surface area contributed by atoms with Crippen LogP contribution in [-0.4, -0.2) is 76.2 Å². The Labute approximate surface area is 139 Å². The molecule has 0 bridgehead atoms. The molecule has 2 atom stereocenters. The van der Waals surface area contributed by atoms with Gasteiger partial charge in [-0.25, -0.2) is 0 Å². The summed E-state index contributed by atoms with van der Waals surface area (Å²) >= 11 is 1.15. The molecule has 0 heterocycles. The van der Waals surface area contributed by atoms with Gasteiger partial charge in [-0.2, -0.15) is 0 Å². The lowest BCUT2D eigenvalue weighted by atomic mass is 10.3. The lowest BCUT2D eigenvalue weighted by Gasteiger charge is -2.29. The van der Waals surface area contributed by atoms with E-state index >= 15 is 0 Å². The standard InChI is InChI=1S/C13H23N3O6S/c1-16(6-5-11(18)14-9-17)12(8-21-3)22-10(7-20-2)13(19)15-23-4/h5-6,9-10,12H,7-8H2,1-4H3,(H,15,19)(H,14,17,18)/b6-5-. The van der Waals surface area contributed by atoms with Gasteiger partial charge in [-0.3, -0.25) is 24.4 Å². The summed E-state index contributed by atoms with van der Waals surface area (Å²) in [6.07, 6.45) is 3.11. The number of nitrogens with one attached hydrogen (secondary N) is 2. The van der Waals surface area contributed by atoms with Crippen LogP contribution in [0.3, 0.4) is 0 Å². The molecule has 0 aromatic carbocycles. The van der Waals surface area contributed by atoms with E-state index in [0.717, 1.165) is 18.0 Å². The number of methoxy groups -OCH3 is 2. The smallest absolute Gasteiger partial charge is 0.261 e. The first-order valence-corrected chi connectivity index (χ1v) is 7.83. The number of hydrogen-bond donors (Lipinski definition) is 2. The number of ether oxygens (including phenoxy) is 3. The third kappa shape index (κ3) is 9.18. The first-order valence-electron chi connectivity index (χ1n) is 6.60. The average molecular weight is 349 g/mol. The molecular formula is C13H23N3O6S. The normalized spacial score (nSPS) is 13.4. The van der Waals surface area contributed by atoms with Gasteiger partial charge in [-0.05, 0) is 0 Å². The predicted molar refractivity (Wildman–Crippen MR) is 85.2 cm³/mol. The number of hydrogen-bond acceptors (Lipinski definition) is 8. The van der Waals surface area contributed by atoms with Crippen molar-refractivity contribution in [3.05, 3.63) is 12.3 Å². The summed E-state index contributed by atoms with van der Waals surface area (Å²) in [5.41, 5.74) is 0. The number of rotatable bonds is 12. The Hall–Kier alpha value is -1.62. The van der Waals surface area contributed by atoms with E-state index in [1.807, 2.05) is 5.32 Å². The molecule has 0 saturated heterocycles. The fraction of sp³-hybridized carbons (Fsp3) is 0.615. The first kappa shape index (κ1) is 21.4. The maximum Gasteiger partial charge on any atom is 0.261 e. The van der Waals surface area contributed by atoms with E-state index in [2.05, 4.69) is 4.72 Å².